The van der Waals surface area contributed by atoms with Crippen LogP contribution in [0.2, 0.25) is 0 Å². The summed E-state index contributed by atoms with van der Waals surface area (Å²) < 4.78 is 0. The number of nitrogens with zero attached hydrogens (tertiary/aromatic N) is 4. The smallest absolute Gasteiger partial charge is 0.393 e. The molecule has 10 heteroatoms. The molecule has 2 amide bonds. The van der Waals surface area contributed by atoms with Crippen molar-refractivity contribution >= 4 is 35.0 Å². The van der Waals surface area contributed by atoms with Crippen LogP contribution in [0.5, 0.6) is 0 Å². The van der Waals surface area contributed by atoms with E-state index in [2.05, 4.69) is 26.6 Å². The topological polar surface area (TPSA) is 111 Å². The van der Waals surface area contributed by atoms with Crippen molar-refractivity contribution < 1.29 is 45.8 Å². The van der Waals surface area contributed by atoms with Gasteiger partial charge in [-0.2, -0.15) is 23.2 Å². The molecule has 1 aromatic heterocycles. The first-order valence-electron chi connectivity index (χ1n) is 12.3. The van der Waals surface area contributed by atoms with Crippen molar-refractivity contribution in [3.05, 3.63) is 43.5 Å². The van der Waals surface area contributed by atoms with E-state index in [0.717, 1.165) is 18.7 Å². The van der Waals surface area contributed by atoms with Crippen molar-refractivity contribution in [2.24, 2.45) is 5.41 Å². The van der Waals surface area contributed by atoms with Crippen molar-refractivity contribution in [3.8, 4) is 0 Å². The number of aliphatic hydroxyl groups is 1. The van der Waals surface area contributed by atoms with Crippen LogP contribution < -0.4 is 20.4 Å². The molecule has 2 heterocycles. The van der Waals surface area contributed by atoms with Crippen molar-refractivity contribution in [2.75, 3.05) is 35.3 Å². The van der Waals surface area contributed by atoms with E-state index < -0.39 is 11.5 Å². The number of hydrogen-bond donors (Lipinski definition) is 3. The molecule has 1 unspecified atom stereocenters. The van der Waals surface area contributed by atoms with E-state index in [1.807, 2.05) is 13.8 Å². The first-order valence-corrected chi connectivity index (χ1v) is 12.3. The van der Waals surface area contributed by atoms with Gasteiger partial charge in [-0.25, -0.2) is 4.98 Å². The van der Waals surface area contributed by atoms with Gasteiger partial charge in [0, 0.05) is 26.2 Å². The zero-order valence-electron chi connectivity index (χ0n) is 22.5. The number of aromatic nitrogens is 2. The molecule has 198 valence electrons. The molecule has 1 saturated carbocycles. The summed E-state index contributed by atoms with van der Waals surface area (Å²) in [5.74, 6) is 1.03. The van der Waals surface area contributed by atoms with Crippen molar-refractivity contribution in [1.82, 2.24) is 15.3 Å². The summed E-state index contributed by atoms with van der Waals surface area (Å²) in [4.78, 5) is 38.7. The number of anilines is 4. The minimum atomic E-state index is -0.537. The maximum Gasteiger partial charge on any atom is 2.00 e. The van der Waals surface area contributed by atoms with E-state index in [0.29, 0.717) is 48.4 Å². The number of nitrogens with one attached hydrogen (secondary N) is 2. The summed E-state index contributed by atoms with van der Waals surface area (Å²) in [5.41, 5.74) is 1.30. The van der Waals surface area contributed by atoms with Gasteiger partial charge in [-0.05, 0) is 40.0 Å². The Hall–Kier alpha value is -2.15. The van der Waals surface area contributed by atoms with Gasteiger partial charge in [-0.15, -0.1) is 6.07 Å². The Bertz CT molecular complexity index is 1070. The molecule has 1 aromatic carbocycles. The SMILES string of the molecule is CC(O)CCNC(=O)c1c[c-]c(Nc2ncc3c(n2)N(C2CCCC2)CC(C)(C)C(=O)N3C)cc1.[CH3-].[U+2]. The summed E-state index contributed by atoms with van der Waals surface area (Å²) in [6, 6.07) is 8.51. The van der Waals surface area contributed by atoms with Crippen LogP contribution in [-0.2, 0) is 4.79 Å². The summed E-state index contributed by atoms with van der Waals surface area (Å²) >= 11 is 0. The largest absolute Gasteiger partial charge is 2.00 e. The molecule has 37 heavy (non-hydrogen) atoms. The fraction of sp³-hybridized carbons (Fsp3) is 0.519. The van der Waals surface area contributed by atoms with Crippen LogP contribution in [0.4, 0.5) is 23.1 Å². The monoisotopic (exact) mass is 732 g/mol. The summed E-state index contributed by atoms with van der Waals surface area (Å²) in [5, 5.41) is 15.3. The molecule has 2 aromatic rings. The van der Waals surface area contributed by atoms with Gasteiger partial charge in [-0.1, -0.05) is 24.1 Å². The second-order valence-corrected chi connectivity index (χ2v) is 10.2. The number of carbonyl (C=O) groups excluding carboxylic acids is 2. The Kier molecular flexibility index (Phi) is 11.0. The number of hydrogen-bond acceptors (Lipinski definition) is 7. The van der Waals surface area contributed by atoms with Crippen LogP contribution in [0.25, 0.3) is 0 Å². The third-order valence-corrected chi connectivity index (χ3v) is 6.77. The van der Waals surface area contributed by atoms with Gasteiger partial charge in [0.05, 0.1) is 17.7 Å². The van der Waals surface area contributed by atoms with E-state index in [4.69, 9.17) is 4.98 Å². The van der Waals surface area contributed by atoms with Gasteiger partial charge in [0.1, 0.15) is 5.69 Å². The normalized spacial score (nSPS) is 17.7. The van der Waals surface area contributed by atoms with Crippen LogP contribution in [0.3, 0.4) is 0 Å². The average Bonchev–Trinajstić information content (AvgIpc) is 3.34. The molecule has 1 fully saturated rings. The number of fused-ring (bicyclic) bond motifs is 1. The zero-order valence-corrected chi connectivity index (χ0v) is 26.6. The third-order valence-electron chi connectivity index (χ3n) is 6.77. The fourth-order valence-corrected chi connectivity index (χ4v) is 4.79. The minimum absolute atomic E-state index is 0. The number of aliphatic hydroxyl groups excluding tert-OH is 1. The zero-order chi connectivity index (χ0) is 25.2. The summed E-state index contributed by atoms with van der Waals surface area (Å²) in [6.45, 7) is 6.68. The minimum Gasteiger partial charge on any atom is -0.393 e. The van der Waals surface area contributed by atoms with Gasteiger partial charge >= 0.3 is 31.1 Å². The molecule has 3 N–H and O–H groups in total. The van der Waals surface area contributed by atoms with E-state index >= 15 is 0 Å². The molecular weight excluding hydrogens is 694 g/mol. The van der Waals surface area contributed by atoms with Crippen LogP contribution in [0.1, 0.15) is 63.2 Å². The molecule has 0 saturated heterocycles. The van der Waals surface area contributed by atoms with Crippen molar-refractivity contribution in [2.45, 2.75) is 65.0 Å². The first-order chi connectivity index (χ1) is 16.7. The van der Waals surface area contributed by atoms with E-state index in [9.17, 15) is 14.7 Å². The number of rotatable bonds is 7. The summed E-state index contributed by atoms with van der Waals surface area (Å²) in [6.07, 6.45) is 6.30. The Balaban J connectivity index is 0.00000241. The second-order valence-electron chi connectivity index (χ2n) is 10.2. The predicted molar refractivity (Wildman–Crippen MR) is 142 cm³/mol. The molecule has 9 nitrogen and oxygen atoms in total. The second kappa shape index (κ2) is 13.1. The van der Waals surface area contributed by atoms with E-state index in [1.54, 1.807) is 43.3 Å². The molecule has 1 atom stereocenters. The molecule has 1 aliphatic carbocycles. The van der Waals surface area contributed by atoms with E-state index in [-0.39, 0.29) is 50.4 Å². The maximum absolute atomic E-state index is 13.1. The van der Waals surface area contributed by atoms with Crippen molar-refractivity contribution in [1.29, 1.82) is 0 Å². The molecule has 2 aliphatic rings. The van der Waals surface area contributed by atoms with Crippen molar-refractivity contribution in [3.63, 3.8) is 0 Å². The Labute approximate surface area is 244 Å². The van der Waals surface area contributed by atoms with Crippen LogP contribution in [0, 0.1) is 50.0 Å². The third kappa shape index (κ3) is 7.24. The standard InChI is InChI=1S/C26H35N6O3.CH3.U/c1-17(33)13-14-27-23(34)18-9-11-19(12-10-18)29-25-28-15-21-22(30-25)32(20-7-5-6-8-20)16-26(2,3)24(35)31(21)4;;/h9-11,15,17,20,33H,5-8,13-14,16H2,1-4H3,(H,27,34)(H,28,29,30);1H3;/q2*-1;+2. The molecule has 0 radical (unpaired) electrons. The molecular formula is C27H38N6O3U. The van der Waals surface area contributed by atoms with Gasteiger partial charge in [0.15, 0.2) is 11.7 Å². The number of amides is 2. The van der Waals surface area contributed by atoms with Gasteiger partial charge in [0.25, 0.3) is 0 Å². The van der Waals surface area contributed by atoms with Crippen LogP contribution in [-0.4, -0.2) is 59.2 Å². The predicted octanol–water partition coefficient (Wildman–Crippen LogP) is 3.72. The number of carbonyl (C=O) groups is 2. The first kappa shape index (κ1) is 31.1. The Morgan fingerprint density at radius 1 is 1.30 bits per heavy atom. The molecule has 0 bridgehead atoms. The Morgan fingerprint density at radius 3 is 2.62 bits per heavy atom. The Morgan fingerprint density at radius 2 is 2.00 bits per heavy atom. The molecule has 0 spiro atoms. The van der Waals surface area contributed by atoms with Crippen LogP contribution in [0.15, 0.2) is 24.4 Å². The number of benzene rings is 1. The molecule has 1 aliphatic heterocycles. The van der Waals surface area contributed by atoms with E-state index in [1.165, 1.54) is 12.8 Å². The average molecular weight is 733 g/mol. The maximum atomic E-state index is 13.1. The van der Waals surface area contributed by atoms with Gasteiger partial charge < -0.3 is 33.0 Å². The van der Waals surface area contributed by atoms with Gasteiger partial charge in [0.2, 0.25) is 11.9 Å². The van der Waals surface area contributed by atoms with Gasteiger partial charge in [-0.3, -0.25) is 9.59 Å². The quantitative estimate of drug-likeness (QED) is 0.373. The van der Waals surface area contributed by atoms with Crippen LogP contribution >= 0.6 is 0 Å². The molecule has 4 rings (SSSR count). The fourth-order valence-electron chi connectivity index (χ4n) is 4.79. The summed E-state index contributed by atoms with van der Waals surface area (Å²) in [7, 11) is 1.79.